The molecule has 0 fully saturated rings. The van der Waals surface area contributed by atoms with E-state index in [4.69, 9.17) is 0 Å². The van der Waals surface area contributed by atoms with Crippen LogP contribution >= 0.6 is 0 Å². The number of tetrazole rings is 1. The van der Waals surface area contributed by atoms with Gasteiger partial charge in [0.05, 0.1) is 5.69 Å². The van der Waals surface area contributed by atoms with Gasteiger partial charge in [0.25, 0.3) is 0 Å². The molecule has 0 radical (unpaired) electrons. The molecule has 1 heterocycles. The van der Waals surface area contributed by atoms with E-state index in [0.717, 1.165) is 23.4 Å². The first-order chi connectivity index (χ1) is 8.20. The van der Waals surface area contributed by atoms with Crippen LogP contribution in [-0.2, 0) is 0 Å². The SMILES string of the molecule is CCC(C)Nc1ccc(C)c(-n2cnnn2)c1. The zero-order chi connectivity index (χ0) is 12.3. The molecule has 1 aromatic carbocycles. The van der Waals surface area contributed by atoms with E-state index in [-0.39, 0.29) is 0 Å². The molecule has 1 atom stereocenters. The molecule has 0 aliphatic carbocycles. The van der Waals surface area contributed by atoms with Crippen molar-refractivity contribution < 1.29 is 0 Å². The van der Waals surface area contributed by atoms with E-state index in [0.29, 0.717) is 6.04 Å². The Morgan fingerprint density at radius 1 is 1.41 bits per heavy atom. The minimum absolute atomic E-state index is 0.458. The molecule has 0 aliphatic rings. The molecule has 90 valence electrons. The monoisotopic (exact) mass is 231 g/mol. The molecule has 0 spiro atoms. The summed E-state index contributed by atoms with van der Waals surface area (Å²) in [6.45, 7) is 6.37. The lowest BCUT2D eigenvalue weighted by Crippen LogP contribution is -2.13. The summed E-state index contributed by atoms with van der Waals surface area (Å²) in [5.74, 6) is 0. The van der Waals surface area contributed by atoms with Crippen LogP contribution in [0.4, 0.5) is 5.69 Å². The zero-order valence-corrected chi connectivity index (χ0v) is 10.4. The van der Waals surface area contributed by atoms with E-state index in [2.05, 4.69) is 52.9 Å². The lowest BCUT2D eigenvalue weighted by Gasteiger charge is -2.14. The Labute approximate surface area is 101 Å². The van der Waals surface area contributed by atoms with E-state index in [1.54, 1.807) is 11.0 Å². The number of aromatic nitrogens is 4. The third-order valence-electron chi connectivity index (χ3n) is 2.83. The summed E-state index contributed by atoms with van der Waals surface area (Å²) in [6.07, 6.45) is 2.70. The van der Waals surface area contributed by atoms with Crippen molar-refractivity contribution in [2.45, 2.75) is 33.2 Å². The summed E-state index contributed by atoms with van der Waals surface area (Å²) in [7, 11) is 0. The number of hydrogen-bond donors (Lipinski definition) is 1. The van der Waals surface area contributed by atoms with Gasteiger partial charge in [-0.2, -0.15) is 0 Å². The van der Waals surface area contributed by atoms with E-state index in [9.17, 15) is 0 Å². The number of aryl methyl sites for hydroxylation is 1. The lowest BCUT2D eigenvalue weighted by molar-refractivity contribution is 0.761. The molecular formula is C12H17N5. The van der Waals surface area contributed by atoms with E-state index in [1.165, 1.54) is 0 Å². The highest BCUT2D eigenvalue weighted by Gasteiger charge is 2.05. The smallest absolute Gasteiger partial charge is 0.143 e. The fourth-order valence-electron chi connectivity index (χ4n) is 1.60. The van der Waals surface area contributed by atoms with Gasteiger partial charge in [-0.15, -0.1) is 5.10 Å². The largest absolute Gasteiger partial charge is 0.383 e. The Hall–Kier alpha value is -1.91. The van der Waals surface area contributed by atoms with Crippen molar-refractivity contribution >= 4 is 5.69 Å². The van der Waals surface area contributed by atoms with Crippen LogP contribution < -0.4 is 5.32 Å². The second-order valence-electron chi connectivity index (χ2n) is 4.21. The van der Waals surface area contributed by atoms with Gasteiger partial charge in [0.1, 0.15) is 6.33 Å². The molecule has 1 aromatic heterocycles. The van der Waals surface area contributed by atoms with Gasteiger partial charge in [-0.25, -0.2) is 4.68 Å². The maximum absolute atomic E-state index is 3.92. The fraction of sp³-hybridized carbons (Fsp3) is 0.417. The van der Waals surface area contributed by atoms with E-state index < -0.39 is 0 Å². The fourth-order valence-corrected chi connectivity index (χ4v) is 1.60. The van der Waals surface area contributed by atoms with Crippen molar-refractivity contribution in [3.8, 4) is 5.69 Å². The first-order valence-corrected chi connectivity index (χ1v) is 5.81. The summed E-state index contributed by atoms with van der Waals surface area (Å²) >= 11 is 0. The summed E-state index contributed by atoms with van der Waals surface area (Å²) in [5.41, 5.74) is 3.24. The zero-order valence-electron chi connectivity index (χ0n) is 10.4. The van der Waals surface area contributed by atoms with Gasteiger partial charge in [-0.05, 0) is 48.4 Å². The maximum Gasteiger partial charge on any atom is 0.143 e. The predicted octanol–water partition coefficient (Wildman–Crippen LogP) is 2.18. The van der Waals surface area contributed by atoms with Gasteiger partial charge in [0.2, 0.25) is 0 Å². The number of nitrogens with one attached hydrogen (secondary N) is 1. The summed E-state index contributed by atoms with van der Waals surface area (Å²) in [6, 6.07) is 6.67. The number of nitrogens with zero attached hydrogens (tertiary/aromatic N) is 4. The van der Waals surface area contributed by atoms with Crippen molar-refractivity contribution in [3.05, 3.63) is 30.1 Å². The van der Waals surface area contributed by atoms with Gasteiger partial charge >= 0.3 is 0 Å². The summed E-state index contributed by atoms with van der Waals surface area (Å²) < 4.78 is 1.68. The van der Waals surface area contributed by atoms with Crippen molar-refractivity contribution in [1.82, 2.24) is 20.2 Å². The Kier molecular flexibility index (Phi) is 3.37. The second-order valence-corrected chi connectivity index (χ2v) is 4.21. The van der Waals surface area contributed by atoms with Crippen LogP contribution in [0, 0.1) is 6.92 Å². The molecule has 2 rings (SSSR count). The Bertz CT molecular complexity index is 478. The highest BCUT2D eigenvalue weighted by atomic mass is 15.5. The first-order valence-electron chi connectivity index (χ1n) is 5.81. The Morgan fingerprint density at radius 2 is 2.24 bits per heavy atom. The average Bonchev–Trinajstić information content (AvgIpc) is 2.85. The van der Waals surface area contributed by atoms with Crippen LogP contribution in [-0.4, -0.2) is 26.2 Å². The third-order valence-corrected chi connectivity index (χ3v) is 2.83. The second kappa shape index (κ2) is 4.95. The minimum Gasteiger partial charge on any atom is -0.383 e. The quantitative estimate of drug-likeness (QED) is 0.876. The standard InChI is InChI=1S/C12H17N5/c1-4-10(3)14-11-6-5-9(2)12(7-11)17-8-13-15-16-17/h5-8,10,14H,4H2,1-3H3. The lowest BCUT2D eigenvalue weighted by atomic mass is 10.1. The van der Waals surface area contributed by atoms with Crippen molar-refractivity contribution in [2.24, 2.45) is 0 Å². The molecule has 1 N–H and O–H groups in total. The van der Waals surface area contributed by atoms with Gasteiger partial charge in [-0.3, -0.25) is 0 Å². The van der Waals surface area contributed by atoms with Crippen LogP contribution in [0.15, 0.2) is 24.5 Å². The molecule has 2 aromatic rings. The van der Waals surface area contributed by atoms with Crippen molar-refractivity contribution in [1.29, 1.82) is 0 Å². The van der Waals surface area contributed by atoms with E-state index in [1.807, 2.05) is 6.92 Å². The molecule has 5 heteroatoms. The Morgan fingerprint density at radius 3 is 2.88 bits per heavy atom. The van der Waals surface area contributed by atoms with Gasteiger partial charge in [0, 0.05) is 11.7 Å². The molecular weight excluding hydrogens is 214 g/mol. The molecule has 17 heavy (non-hydrogen) atoms. The highest BCUT2D eigenvalue weighted by Crippen LogP contribution is 2.19. The van der Waals surface area contributed by atoms with Crippen LogP contribution in [0.1, 0.15) is 25.8 Å². The van der Waals surface area contributed by atoms with Gasteiger partial charge in [0.15, 0.2) is 0 Å². The van der Waals surface area contributed by atoms with Crippen molar-refractivity contribution in [2.75, 3.05) is 5.32 Å². The highest BCUT2D eigenvalue weighted by molar-refractivity contribution is 5.54. The van der Waals surface area contributed by atoms with Crippen LogP contribution in [0.2, 0.25) is 0 Å². The predicted molar refractivity (Wildman–Crippen MR) is 67.3 cm³/mol. The summed E-state index contributed by atoms with van der Waals surface area (Å²) in [5, 5.41) is 14.7. The summed E-state index contributed by atoms with van der Waals surface area (Å²) in [4.78, 5) is 0. The topological polar surface area (TPSA) is 55.6 Å². The number of benzene rings is 1. The molecule has 1 unspecified atom stereocenters. The molecule has 0 bridgehead atoms. The van der Waals surface area contributed by atoms with Crippen molar-refractivity contribution in [3.63, 3.8) is 0 Å². The molecule has 0 aliphatic heterocycles. The average molecular weight is 231 g/mol. The third kappa shape index (κ3) is 2.61. The van der Waals surface area contributed by atoms with Gasteiger partial charge < -0.3 is 5.32 Å². The number of hydrogen-bond acceptors (Lipinski definition) is 4. The molecule has 5 nitrogen and oxygen atoms in total. The molecule has 0 saturated heterocycles. The minimum atomic E-state index is 0.458. The van der Waals surface area contributed by atoms with Crippen LogP contribution in [0.3, 0.4) is 0 Å². The van der Waals surface area contributed by atoms with Crippen LogP contribution in [0.5, 0.6) is 0 Å². The number of anilines is 1. The van der Waals surface area contributed by atoms with Crippen LogP contribution in [0.25, 0.3) is 5.69 Å². The first kappa shape index (κ1) is 11.6. The van der Waals surface area contributed by atoms with E-state index >= 15 is 0 Å². The normalized spacial score (nSPS) is 12.4. The molecule has 0 saturated carbocycles. The Balaban J connectivity index is 2.30. The molecule has 0 amide bonds. The number of rotatable bonds is 4. The maximum atomic E-state index is 3.92. The van der Waals surface area contributed by atoms with Gasteiger partial charge in [-0.1, -0.05) is 13.0 Å².